The number of nitrogens with two attached hydrogens (primary N) is 1. The second-order valence-corrected chi connectivity index (χ2v) is 4.86. The third-order valence-electron chi connectivity index (χ3n) is 2.42. The van der Waals surface area contributed by atoms with Crippen molar-refractivity contribution in [3.8, 4) is 5.75 Å². The maximum Gasteiger partial charge on any atom is 0.223 e. The molecule has 0 heterocycles. The predicted molar refractivity (Wildman–Crippen MR) is 73.1 cm³/mol. The maximum atomic E-state index is 10.9. The standard InChI is InChI=1S/C12H16Cl2N2O2/c1-7(12(15)17)6-18-11-8(5-16-2)3-9(13)4-10(11)14/h3-4,7,16H,5-6H2,1-2H3,(H2,15,17). The molecule has 0 aliphatic rings. The average molecular weight is 291 g/mol. The van der Waals surface area contributed by atoms with E-state index in [0.29, 0.717) is 22.3 Å². The zero-order valence-corrected chi connectivity index (χ0v) is 11.8. The van der Waals surface area contributed by atoms with E-state index in [1.807, 2.05) is 7.05 Å². The highest BCUT2D eigenvalue weighted by molar-refractivity contribution is 6.35. The molecule has 0 radical (unpaired) electrons. The second-order valence-electron chi connectivity index (χ2n) is 4.02. The van der Waals surface area contributed by atoms with Gasteiger partial charge in [0, 0.05) is 17.1 Å². The van der Waals surface area contributed by atoms with Crippen LogP contribution in [0.4, 0.5) is 0 Å². The number of hydrogen-bond acceptors (Lipinski definition) is 3. The monoisotopic (exact) mass is 290 g/mol. The lowest BCUT2D eigenvalue weighted by molar-refractivity contribution is -0.122. The molecular formula is C12H16Cl2N2O2. The highest BCUT2D eigenvalue weighted by Crippen LogP contribution is 2.32. The van der Waals surface area contributed by atoms with Crippen molar-refractivity contribution in [3.63, 3.8) is 0 Å². The largest absolute Gasteiger partial charge is 0.491 e. The molecule has 0 bridgehead atoms. The van der Waals surface area contributed by atoms with Crippen LogP contribution in [0.5, 0.6) is 5.75 Å². The van der Waals surface area contributed by atoms with Crippen molar-refractivity contribution in [1.29, 1.82) is 0 Å². The van der Waals surface area contributed by atoms with Crippen molar-refractivity contribution >= 4 is 29.1 Å². The second kappa shape index (κ2) is 6.83. The van der Waals surface area contributed by atoms with Crippen LogP contribution < -0.4 is 15.8 Å². The molecule has 6 heteroatoms. The van der Waals surface area contributed by atoms with Crippen LogP contribution in [-0.4, -0.2) is 19.6 Å². The zero-order valence-electron chi connectivity index (χ0n) is 10.3. The fraction of sp³-hybridized carbons (Fsp3) is 0.417. The Morgan fingerprint density at radius 3 is 2.72 bits per heavy atom. The number of carbonyl (C=O) groups excluding carboxylic acids is 1. The van der Waals surface area contributed by atoms with E-state index in [0.717, 1.165) is 5.56 Å². The Balaban J connectivity index is 2.89. The predicted octanol–water partition coefficient (Wildman–Crippen LogP) is 2.21. The summed E-state index contributed by atoms with van der Waals surface area (Å²) >= 11 is 12.0. The molecule has 18 heavy (non-hydrogen) atoms. The Morgan fingerprint density at radius 2 is 2.17 bits per heavy atom. The Kier molecular flexibility index (Phi) is 5.72. The van der Waals surface area contributed by atoms with Gasteiger partial charge in [-0.15, -0.1) is 0 Å². The third kappa shape index (κ3) is 4.05. The van der Waals surface area contributed by atoms with Crippen molar-refractivity contribution < 1.29 is 9.53 Å². The normalized spacial score (nSPS) is 12.2. The Labute approximate surface area is 116 Å². The molecule has 0 aliphatic carbocycles. The first kappa shape index (κ1) is 15.1. The average Bonchev–Trinajstić information content (AvgIpc) is 2.27. The van der Waals surface area contributed by atoms with E-state index < -0.39 is 5.91 Å². The summed E-state index contributed by atoms with van der Waals surface area (Å²) in [7, 11) is 1.81. The summed E-state index contributed by atoms with van der Waals surface area (Å²) in [6.07, 6.45) is 0. The van der Waals surface area contributed by atoms with Gasteiger partial charge in [0.2, 0.25) is 5.91 Å². The lowest BCUT2D eigenvalue weighted by Crippen LogP contribution is -2.26. The van der Waals surface area contributed by atoms with Crippen LogP contribution in [0.25, 0.3) is 0 Å². The van der Waals surface area contributed by atoms with Gasteiger partial charge in [0.15, 0.2) is 0 Å². The summed E-state index contributed by atoms with van der Waals surface area (Å²) in [6, 6.07) is 3.38. The first-order chi connectivity index (χ1) is 8.45. The van der Waals surface area contributed by atoms with Gasteiger partial charge >= 0.3 is 0 Å². The first-order valence-electron chi connectivity index (χ1n) is 5.50. The number of amides is 1. The lowest BCUT2D eigenvalue weighted by Gasteiger charge is -2.15. The van der Waals surface area contributed by atoms with Crippen LogP contribution in [0.3, 0.4) is 0 Å². The number of halogens is 2. The third-order valence-corrected chi connectivity index (χ3v) is 2.91. The molecule has 100 valence electrons. The quantitative estimate of drug-likeness (QED) is 0.844. The summed E-state index contributed by atoms with van der Waals surface area (Å²) in [5, 5.41) is 3.96. The minimum Gasteiger partial charge on any atom is -0.491 e. The summed E-state index contributed by atoms with van der Waals surface area (Å²) in [4.78, 5) is 10.9. The maximum absolute atomic E-state index is 10.9. The molecule has 0 fully saturated rings. The van der Waals surface area contributed by atoms with Gasteiger partial charge in [-0.3, -0.25) is 4.79 Å². The summed E-state index contributed by atoms with van der Waals surface area (Å²) < 4.78 is 5.57. The minimum atomic E-state index is -0.407. The molecule has 1 unspecified atom stereocenters. The molecule has 1 aromatic carbocycles. The first-order valence-corrected chi connectivity index (χ1v) is 6.26. The van der Waals surface area contributed by atoms with Gasteiger partial charge in [-0.05, 0) is 19.2 Å². The topological polar surface area (TPSA) is 64.3 Å². The van der Waals surface area contributed by atoms with Gasteiger partial charge in [-0.2, -0.15) is 0 Å². The van der Waals surface area contributed by atoms with Gasteiger partial charge < -0.3 is 15.8 Å². The van der Waals surface area contributed by atoms with Crippen LogP contribution in [0.2, 0.25) is 10.0 Å². The molecule has 1 atom stereocenters. The molecule has 0 aromatic heterocycles. The van der Waals surface area contributed by atoms with Gasteiger partial charge in [0.25, 0.3) is 0 Å². The van der Waals surface area contributed by atoms with Crippen LogP contribution in [0.15, 0.2) is 12.1 Å². The van der Waals surface area contributed by atoms with Gasteiger partial charge in [-0.1, -0.05) is 30.1 Å². The van der Waals surface area contributed by atoms with E-state index in [1.54, 1.807) is 19.1 Å². The molecular weight excluding hydrogens is 275 g/mol. The van der Waals surface area contributed by atoms with Crippen molar-refractivity contribution in [2.75, 3.05) is 13.7 Å². The summed E-state index contributed by atoms with van der Waals surface area (Å²) in [5.41, 5.74) is 6.01. The number of hydrogen-bond donors (Lipinski definition) is 2. The number of rotatable bonds is 6. The molecule has 3 N–H and O–H groups in total. The Bertz CT molecular complexity index is 438. The van der Waals surface area contributed by atoms with Gasteiger partial charge in [0.1, 0.15) is 5.75 Å². The molecule has 1 rings (SSSR count). The van der Waals surface area contributed by atoms with E-state index in [-0.39, 0.29) is 12.5 Å². The van der Waals surface area contributed by atoms with Gasteiger partial charge in [0.05, 0.1) is 17.5 Å². The number of benzene rings is 1. The summed E-state index contributed by atoms with van der Waals surface area (Å²) in [6.45, 7) is 2.46. The molecule has 4 nitrogen and oxygen atoms in total. The number of carbonyl (C=O) groups is 1. The van der Waals surface area contributed by atoms with Crippen LogP contribution in [0.1, 0.15) is 12.5 Å². The van der Waals surface area contributed by atoms with Crippen molar-refractivity contribution in [1.82, 2.24) is 5.32 Å². The number of nitrogens with one attached hydrogen (secondary N) is 1. The SMILES string of the molecule is CNCc1cc(Cl)cc(Cl)c1OCC(C)C(N)=O. The molecule has 0 spiro atoms. The van der Waals surface area contributed by atoms with E-state index >= 15 is 0 Å². The minimum absolute atomic E-state index is 0.188. The van der Waals surface area contributed by atoms with Crippen molar-refractivity contribution in [2.24, 2.45) is 11.7 Å². The molecule has 0 saturated heterocycles. The molecule has 0 saturated carbocycles. The van der Waals surface area contributed by atoms with Crippen molar-refractivity contribution in [3.05, 3.63) is 27.7 Å². The van der Waals surface area contributed by atoms with E-state index in [9.17, 15) is 4.79 Å². The van der Waals surface area contributed by atoms with Crippen LogP contribution in [-0.2, 0) is 11.3 Å². The smallest absolute Gasteiger partial charge is 0.223 e. The Hall–Kier alpha value is -0.970. The van der Waals surface area contributed by atoms with E-state index in [2.05, 4.69) is 5.32 Å². The molecule has 1 amide bonds. The van der Waals surface area contributed by atoms with E-state index in [4.69, 9.17) is 33.7 Å². The fourth-order valence-electron chi connectivity index (χ4n) is 1.39. The fourth-order valence-corrected chi connectivity index (χ4v) is 1.98. The molecule has 0 aliphatic heterocycles. The van der Waals surface area contributed by atoms with Crippen LogP contribution >= 0.6 is 23.2 Å². The van der Waals surface area contributed by atoms with Crippen molar-refractivity contribution in [2.45, 2.75) is 13.5 Å². The zero-order chi connectivity index (χ0) is 13.7. The van der Waals surface area contributed by atoms with Crippen LogP contribution in [0, 0.1) is 5.92 Å². The lowest BCUT2D eigenvalue weighted by atomic mass is 10.1. The Morgan fingerprint density at radius 1 is 1.50 bits per heavy atom. The number of ether oxygens (including phenoxy) is 1. The molecule has 1 aromatic rings. The number of primary amides is 1. The highest BCUT2D eigenvalue weighted by Gasteiger charge is 2.14. The highest BCUT2D eigenvalue weighted by atomic mass is 35.5. The summed E-state index contributed by atoms with van der Waals surface area (Å²) in [5.74, 6) is -0.252. The van der Waals surface area contributed by atoms with Gasteiger partial charge in [-0.25, -0.2) is 0 Å². The van der Waals surface area contributed by atoms with E-state index in [1.165, 1.54) is 0 Å².